The van der Waals surface area contributed by atoms with Gasteiger partial charge in [-0.2, -0.15) is 0 Å². The third-order valence-electron chi connectivity index (χ3n) is 4.69. The van der Waals surface area contributed by atoms with E-state index in [9.17, 15) is 25.0 Å². The minimum atomic E-state index is -0.646. The number of non-ortho nitro benzene ring substituents is 1. The van der Waals surface area contributed by atoms with Crippen molar-refractivity contribution in [3.05, 3.63) is 109 Å². The summed E-state index contributed by atoms with van der Waals surface area (Å²) in [5.41, 5.74) is 1.87. The van der Waals surface area contributed by atoms with E-state index in [4.69, 9.17) is 11.6 Å². The minimum absolute atomic E-state index is 0.0628. The van der Waals surface area contributed by atoms with Crippen molar-refractivity contribution in [2.45, 2.75) is 0 Å². The van der Waals surface area contributed by atoms with Crippen LogP contribution in [-0.2, 0) is 0 Å². The molecule has 0 aliphatic carbocycles. The molecule has 0 aliphatic rings. The number of carbonyl (C=O) groups excluding carboxylic acids is 1. The van der Waals surface area contributed by atoms with Crippen molar-refractivity contribution < 1.29 is 14.6 Å². The van der Waals surface area contributed by atoms with Crippen LogP contribution < -0.4 is 0 Å². The fourth-order valence-corrected chi connectivity index (χ4v) is 3.46. The molecule has 0 N–H and O–H groups in total. The first-order valence-electron chi connectivity index (χ1n) is 8.70. The Morgan fingerprint density at radius 3 is 2.30 bits per heavy atom. The number of carbonyl (C=O) groups is 1. The Hall–Kier alpha value is -4.04. The molecule has 2 heterocycles. The Bertz CT molecular complexity index is 1330. The van der Waals surface area contributed by atoms with Crippen molar-refractivity contribution in [1.82, 2.24) is 4.40 Å². The number of ketones is 1. The number of halogens is 1. The molecule has 0 spiro atoms. The number of hydrogen-bond acceptors (Lipinski definition) is 5. The average Bonchev–Trinajstić information content (AvgIpc) is 3.13. The van der Waals surface area contributed by atoms with Crippen molar-refractivity contribution in [2.75, 3.05) is 0 Å². The molecule has 0 saturated heterocycles. The van der Waals surface area contributed by atoms with Gasteiger partial charge >= 0.3 is 0 Å². The monoisotopic (exact) mass is 421 g/mol. The lowest BCUT2D eigenvalue weighted by Gasteiger charge is -2.07. The number of benzene rings is 2. The molecule has 148 valence electrons. The van der Waals surface area contributed by atoms with E-state index in [0.29, 0.717) is 11.1 Å². The van der Waals surface area contributed by atoms with Gasteiger partial charge in [0.05, 0.1) is 9.85 Å². The van der Waals surface area contributed by atoms with Crippen LogP contribution in [0.5, 0.6) is 0 Å². The first-order chi connectivity index (χ1) is 14.4. The number of nitro groups is 2. The summed E-state index contributed by atoms with van der Waals surface area (Å²) in [6, 6.07) is 16.9. The van der Waals surface area contributed by atoms with Crippen LogP contribution >= 0.6 is 11.6 Å². The topological polar surface area (TPSA) is 108 Å². The molecule has 30 heavy (non-hydrogen) atoms. The standard InChI is InChI=1S/C21H12ClN3O5/c22-18-9-6-14(11-19(18)25(29)30)21(26)20-17(12-16-3-1-2-10-23(16)20)13-4-7-15(8-5-13)24(27)28/h1-12H. The molecule has 0 atom stereocenters. The van der Waals surface area contributed by atoms with Crippen LogP contribution in [0.1, 0.15) is 16.1 Å². The molecule has 2 aromatic carbocycles. The first-order valence-corrected chi connectivity index (χ1v) is 9.08. The summed E-state index contributed by atoms with van der Waals surface area (Å²) in [5.74, 6) is -0.436. The van der Waals surface area contributed by atoms with Crippen molar-refractivity contribution >= 4 is 34.3 Å². The Kier molecular flexibility index (Phi) is 4.77. The van der Waals surface area contributed by atoms with Gasteiger partial charge in [0.2, 0.25) is 5.78 Å². The highest BCUT2D eigenvalue weighted by molar-refractivity contribution is 6.32. The van der Waals surface area contributed by atoms with E-state index in [1.165, 1.54) is 24.3 Å². The lowest BCUT2D eigenvalue weighted by atomic mass is 9.99. The van der Waals surface area contributed by atoms with E-state index in [-0.39, 0.29) is 27.7 Å². The number of fused-ring (bicyclic) bond motifs is 1. The normalized spacial score (nSPS) is 10.8. The van der Waals surface area contributed by atoms with E-state index in [2.05, 4.69) is 0 Å². The van der Waals surface area contributed by atoms with Crippen molar-refractivity contribution in [3.8, 4) is 11.1 Å². The first kappa shape index (κ1) is 19.3. The second-order valence-electron chi connectivity index (χ2n) is 6.46. The van der Waals surface area contributed by atoms with Crippen molar-refractivity contribution in [3.63, 3.8) is 0 Å². The SMILES string of the molecule is O=C(c1ccc(Cl)c([N+](=O)[O-])c1)c1c(-c2ccc([N+](=O)[O-])cc2)cc2ccccn12. The van der Waals surface area contributed by atoms with Gasteiger partial charge in [0, 0.05) is 41.0 Å². The third-order valence-corrected chi connectivity index (χ3v) is 5.01. The molecule has 8 nitrogen and oxygen atoms in total. The molecule has 4 aromatic rings. The van der Waals surface area contributed by atoms with Gasteiger partial charge in [-0.3, -0.25) is 25.0 Å². The summed E-state index contributed by atoms with van der Waals surface area (Å²) in [5, 5.41) is 22.1. The van der Waals surface area contributed by atoms with Gasteiger partial charge < -0.3 is 4.40 Å². The summed E-state index contributed by atoms with van der Waals surface area (Å²) in [4.78, 5) is 34.4. The van der Waals surface area contributed by atoms with E-state index in [0.717, 1.165) is 11.6 Å². The van der Waals surface area contributed by atoms with Crippen LogP contribution in [0, 0.1) is 20.2 Å². The molecule has 0 unspecified atom stereocenters. The largest absolute Gasteiger partial charge is 0.313 e. The Balaban J connectivity index is 1.91. The van der Waals surface area contributed by atoms with Gasteiger partial charge in [-0.05, 0) is 48.0 Å². The predicted molar refractivity (Wildman–Crippen MR) is 111 cm³/mol. The van der Waals surface area contributed by atoms with Crippen LogP contribution in [0.25, 0.3) is 16.6 Å². The van der Waals surface area contributed by atoms with Gasteiger partial charge in [-0.25, -0.2) is 0 Å². The number of pyridine rings is 1. The minimum Gasteiger partial charge on any atom is -0.313 e. The van der Waals surface area contributed by atoms with E-state index >= 15 is 0 Å². The zero-order chi connectivity index (χ0) is 21.4. The maximum Gasteiger partial charge on any atom is 0.288 e. The van der Waals surface area contributed by atoms with E-state index in [1.54, 1.807) is 34.9 Å². The number of aromatic nitrogens is 1. The maximum absolute atomic E-state index is 13.4. The number of nitro benzene ring substituents is 2. The van der Waals surface area contributed by atoms with Crippen molar-refractivity contribution in [2.24, 2.45) is 0 Å². The highest BCUT2D eigenvalue weighted by Crippen LogP contribution is 2.32. The summed E-state index contributed by atoms with van der Waals surface area (Å²) < 4.78 is 1.68. The smallest absolute Gasteiger partial charge is 0.288 e. The lowest BCUT2D eigenvalue weighted by molar-refractivity contribution is -0.385. The molecule has 9 heteroatoms. The van der Waals surface area contributed by atoms with Crippen LogP contribution in [0.15, 0.2) is 72.9 Å². The molecule has 2 aromatic heterocycles. The van der Waals surface area contributed by atoms with Crippen LogP contribution in [0.4, 0.5) is 11.4 Å². The van der Waals surface area contributed by atoms with Gasteiger partial charge in [0.15, 0.2) is 0 Å². The Morgan fingerprint density at radius 2 is 1.63 bits per heavy atom. The summed E-state index contributed by atoms with van der Waals surface area (Å²) >= 11 is 5.87. The fourth-order valence-electron chi connectivity index (χ4n) is 3.27. The van der Waals surface area contributed by atoms with Crippen LogP contribution in [0.3, 0.4) is 0 Å². The molecule has 0 bridgehead atoms. The number of rotatable bonds is 5. The second kappa shape index (κ2) is 7.41. The zero-order valence-corrected chi connectivity index (χ0v) is 15.9. The molecule has 0 saturated carbocycles. The van der Waals surface area contributed by atoms with Gasteiger partial charge in [-0.1, -0.05) is 17.7 Å². The fraction of sp³-hybridized carbons (Fsp3) is 0. The molecule has 4 rings (SSSR count). The van der Waals surface area contributed by atoms with Gasteiger partial charge in [0.1, 0.15) is 10.7 Å². The predicted octanol–water partition coefficient (Wildman–Crippen LogP) is 5.31. The Labute approximate surface area is 174 Å². The molecular formula is C21H12ClN3O5. The molecule has 0 amide bonds. The number of nitrogens with zero attached hydrogens (tertiary/aromatic N) is 3. The Morgan fingerprint density at radius 1 is 0.900 bits per heavy atom. The third kappa shape index (κ3) is 3.29. The van der Waals surface area contributed by atoms with E-state index in [1.807, 2.05) is 12.1 Å². The lowest BCUT2D eigenvalue weighted by Crippen LogP contribution is -2.07. The van der Waals surface area contributed by atoms with Gasteiger partial charge in [0.25, 0.3) is 11.4 Å². The van der Waals surface area contributed by atoms with E-state index < -0.39 is 15.6 Å². The second-order valence-corrected chi connectivity index (χ2v) is 6.87. The zero-order valence-electron chi connectivity index (χ0n) is 15.2. The summed E-state index contributed by atoms with van der Waals surface area (Å²) in [7, 11) is 0. The summed E-state index contributed by atoms with van der Waals surface area (Å²) in [6.45, 7) is 0. The average molecular weight is 422 g/mol. The number of hydrogen-bond donors (Lipinski definition) is 0. The summed E-state index contributed by atoms with van der Waals surface area (Å²) in [6.07, 6.45) is 1.71. The molecule has 0 radical (unpaired) electrons. The van der Waals surface area contributed by atoms with Crippen LogP contribution in [0.2, 0.25) is 5.02 Å². The molecule has 0 aliphatic heterocycles. The molecule has 0 fully saturated rings. The maximum atomic E-state index is 13.4. The molecular weight excluding hydrogens is 410 g/mol. The quantitative estimate of drug-likeness (QED) is 0.246. The van der Waals surface area contributed by atoms with Crippen LogP contribution in [-0.4, -0.2) is 20.0 Å². The van der Waals surface area contributed by atoms with Gasteiger partial charge in [-0.15, -0.1) is 0 Å². The highest BCUT2D eigenvalue weighted by atomic mass is 35.5. The highest BCUT2D eigenvalue weighted by Gasteiger charge is 2.23. The van der Waals surface area contributed by atoms with Crippen molar-refractivity contribution in [1.29, 1.82) is 0 Å².